The lowest BCUT2D eigenvalue weighted by Crippen LogP contribution is -2.33. The molecular weight excluding hydrogens is 262 g/mol. The molecule has 0 heterocycles. The van der Waals surface area contributed by atoms with E-state index >= 15 is 0 Å². The summed E-state index contributed by atoms with van der Waals surface area (Å²) in [4.78, 5) is 24.4. The van der Waals surface area contributed by atoms with Gasteiger partial charge in [-0.15, -0.1) is 0 Å². The molecule has 104 valence electrons. The van der Waals surface area contributed by atoms with Crippen LogP contribution >= 0.6 is 11.8 Å². The van der Waals surface area contributed by atoms with Crippen LogP contribution in [0.4, 0.5) is 0 Å². The van der Waals surface area contributed by atoms with Crippen LogP contribution in [0.25, 0.3) is 0 Å². The molecule has 4 nitrogen and oxygen atoms in total. The SMILES string of the molecule is CSCc1cccc(C(=O)N(C)CC(C)C(=O)O)c1. The number of carboxylic acid groups (broad SMARTS) is 1. The van der Waals surface area contributed by atoms with Crippen molar-refractivity contribution in [2.45, 2.75) is 12.7 Å². The molecule has 0 aromatic heterocycles. The molecule has 1 atom stereocenters. The molecule has 0 fully saturated rings. The van der Waals surface area contributed by atoms with Crippen molar-refractivity contribution >= 4 is 23.6 Å². The van der Waals surface area contributed by atoms with Gasteiger partial charge in [-0.1, -0.05) is 19.1 Å². The lowest BCUT2D eigenvalue weighted by atomic mass is 10.1. The average molecular weight is 281 g/mol. The zero-order valence-corrected chi connectivity index (χ0v) is 12.2. The molecule has 1 unspecified atom stereocenters. The molecular formula is C14H19NO3S. The van der Waals surface area contributed by atoms with Crippen molar-refractivity contribution in [3.63, 3.8) is 0 Å². The predicted molar refractivity (Wildman–Crippen MR) is 77.4 cm³/mol. The van der Waals surface area contributed by atoms with Crippen LogP contribution in [0.2, 0.25) is 0 Å². The maximum Gasteiger partial charge on any atom is 0.308 e. The van der Waals surface area contributed by atoms with E-state index in [1.54, 1.807) is 31.8 Å². The lowest BCUT2D eigenvalue weighted by molar-refractivity contribution is -0.141. The molecule has 0 aliphatic heterocycles. The zero-order valence-electron chi connectivity index (χ0n) is 11.4. The van der Waals surface area contributed by atoms with Gasteiger partial charge in [-0.25, -0.2) is 0 Å². The molecule has 1 N–H and O–H groups in total. The van der Waals surface area contributed by atoms with E-state index in [0.29, 0.717) is 5.56 Å². The first-order valence-corrected chi connectivity index (χ1v) is 7.41. The highest BCUT2D eigenvalue weighted by atomic mass is 32.2. The van der Waals surface area contributed by atoms with E-state index < -0.39 is 11.9 Å². The largest absolute Gasteiger partial charge is 0.481 e. The minimum absolute atomic E-state index is 0.143. The van der Waals surface area contributed by atoms with E-state index in [4.69, 9.17) is 5.11 Å². The number of aliphatic carboxylic acids is 1. The van der Waals surface area contributed by atoms with Gasteiger partial charge in [-0.3, -0.25) is 9.59 Å². The normalized spacial score (nSPS) is 11.9. The number of hydrogen-bond acceptors (Lipinski definition) is 3. The Morgan fingerprint density at radius 3 is 2.68 bits per heavy atom. The Morgan fingerprint density at radius 2 is 2.11 bits per heavy atom. The van der Waals surface area contributed by atoms with Crippen molar-refractivity contribution in [3.05, 3.63) is 35.4 Å². The van der Waals surface area contributed by atoms with Gasteiger partial charge in [0, 0.05) is 24.9 Å². The molecule has 0 spiro atoms. The smallest absolute Gasteiger partial charge is 0.308 e. The summed E-state index contributed by atoms with van der Waals surface area (Å²) in [6.45, 7) is 1.80. The van der Waals surface area contributed by atoms with Gasteiger partial charge in [-0.05, 0) is 24.0 Å². The zero-order chi connectivity index (χ0) is 14.4. The minimum Gasteiger partial charge on any atom is -0.481 e. The van der Waals surface area contributed by atoms with Crippen molar-refractivity contribution in [2.75, 3.05) is 19.8 Å². The van der Waals surface area contributed by atoms with Gasteiger partial charge in [0.2, 0.25) is 0 Å². The Bertz CT molecular complexity index is 462. The van der Waals surface area contributed by atoms with Crippen LogP contribution in [0, 0.1) is 5.92 Å². The molecule has 0 radical (unpaired) electrons. The Hall–Kier alpha value is -1.49. The predicted octanol–water partition coefficient (Wildman–Crippen LogP) is 2.34. The summed E-state index contributed by atoms with van der Waals surface area (Å²) < 4.78 is 0. The number of amides is 1. The maximum atomic E-state index is 12.2. The van der Waals surface area contributed by atoms with Crippen molar-refractivity contribution in [2.24, 2.45) is 5.92 Å². The number of thioether (sulfide) groups is 1. The number of nitrogens with zero attached hydrogens (tertiary/aromatic N) is 1. The highest BCUT2D eigenvalue weighted by Crippen LogP contribution is 2.13. The highest BCUT2D eigenvalue weighted by Gasteiger charge is 2.18. The first-order chi connectivity index (χ1) is 8.95. The standard InChI is InChI=1S/C14H19NO3S/c1-10(14(17)18)8-15(2)13(16)12-6-4-5-11(7-12)9-19-3/h4-7,10H,8-9H2,1-3H3,(H,17,18). The van der Waals surface area contributed by atoms with Gasteiger partial charge >= 0.3 is 5.97 Å². The summed E-state index contributed by atoms with van der Waals surface area (Å²) in [6.07, 6.45) is 2.01. The van der Waals surface area contributed by atoms with Gasteiger partial charge < -0.3 is 10.0 Å². The van der Waals surface area contributed by atoms with Crippen molar-refractivity contribution in [1.29, 1.82) is 0 Å². The van der Waals surface area contributed by atoms with E-state index in [2.05, 4.69) is 0 Å². The maximum absolute atomic E-state index is 12.2. The monoisotopic (exact) mass is 281 g/mol. The fourth-order valence-electron chi connectivity index (χ4n) is 1.75. The molecule has 1 rings (SSSR count). The van der Waals surface area contributed by atoms with Gasteiger partial charge in [0.05, 0.1) is 5.92 Å². The average Bonchev–Trinajstić information content (AvgIpc) is 2.38. The van der Waals surface area contributed by atoms with Crippen LogP contribution in [0.5, 0.6) is 0 Å². The summed E-state index contributed by atoms with van der Waals surface area (Å²) in [5, 5.41) is 8.86. The topological polar surface area (TPSA) is 57.6 Å². The Labute approximate surface area is 117 Å². The molecule has 0 saturated heterocycles. The fraction of sp³-hybridized carbons (Fsp3) is 0.429. The summed E-state index contributed by atoms with van der Waals surface area (Å²) in [6, 6.07) is 7.45. The molecule has 1 amide bonds. The highest BCUT2D eigenvalue weighted by molar-refractivity contribution is 7.97. The second kappa shape index (κ2) is 7.19. The van der Waals surface area contributed by atoms with Gasteiger partial charge in [-0.2, -0.15) is 11.8 Å². The van der Waals surface area contributed by atoms with Crippen molar-refractivity contribution in [1.82, 2.24) is 4.90 Å². The Balaban J connectivity index is 2.76. The number of carbonyl (C=O) groups excluding carboxylic acids is 1. The summed E-state index contributed by atoms with van der Waals surface area (Å²) in [5.41, 5.74) is 1.70. The molecule has 1 aromatic rings. The van der Waals surface area contributed by atoms with E-state index in [1.165, 1.54) is 4.90 Å². The number of benzene rings is 1. The third-order valence-corrected chi connectivity index (χ3v) is 3.42. The van der Waals surface area contributed by atoms with E-state index in [9.17, 15) is 9.59 Å². The lowest BCUT2D eigenvalue weighted by Gasteiger charge is -2.19. The fourth-order valence-corrected chi connectivity index (χ4v) is 2.27. The first kappa shape index (κ1) is 15.6. The van der Waals surface area contributed by atoms with Crippen molar-refractivity contribution in [3.8, 4) is 0 Å². The summed E-state index contributed by atoms with van der Waals surface area (Å²) >= 11 is 1.70. The molecule has 0 aliphatic carbocycles. The van der Waals surface area contributed by atoms with E-state index in [1.807, 2.05) is 24.5 Å². The van der Waals surface area contributed by atoms with E-state index in [-0.39, 0.29) is 12.5 Å². The Kier molecular flexibility index (Phi) is 5.89. The van der Waals surface area contributed by atoms with Crippen LogP contribution in [0.1, 0.15) is 22.8 Å². The van der Waals surface area contributed by atoms with Crippen LogP contribution in [0.15, 0.2) is 24.3 Å². The number of hydrogen-bond donors (Lipinski definition) is 1. The number of carboxylic acids is 1. The van der Waals surface area contributed by atoms with Gasteiger partial charge in [0.1, 0.15) is 0 Å². The molecule has 19 heavy (non-hydrogen) atoms. The molecule has 0 aliphatic rings. The minimum atomic E-state index is -0.893. The molecule has 0 saturated carbocycles. The molecule has 0 bridgehead atoms. The third kappa shape index (κ3) is 4.59. The second-order valence-electron chi connectivity index (χ2n) is 4.56. The molecule has 1 aromatic carbocycles. The first-order valence-electron chi connectivity index (χ1n) is 6.02. The Morgan fingerprint density at radius 1 is 1.42 bits per heavy atom. The van der Waals surface area contributed by atoms with Gasteiger partial charge in [0.25, 0.3) is 5.91 Å². The second-order valence-corrected chi connectivity index (χ2v) is 5.42. The summed E-state index contributed by atoms with van der Waals surface area (Å²) in [5.74, 6) is -0.744. The van der Waals surface area contributed by atoms with Crippen LogP contribution in [-0.4, -0.2) is 41.7 Å². The number of rotatable bonds is 6. The third-order valence-electron chi connectivity index (χ3n) is 2.80. The van der Waals surface area contributed by atoms with E-state index in [0.717, 1.165) is 11.3 Å². The summed E-state index contributed by atoms with van der Waals surface area (Å²) in [7, 11) is 1.63. The van der Waals surface area contributed by atoms with Crippen LogP contribution in [0.3, 0.4) is 0 Å². The van der Waals surface area contributed by atoms with Crippen molar-refractivity contribution < 1.29 is 14.7 Å². The van der Waals surface area contributed by atoms with Gasteiger partial charge in [0.15, 0.2) is 0 Å². The van der Waals surface area contributed by atoms with Crippen LogP contribution in [-0.2, 0) is 10.5 Å². The quantitative estimate of drug-likeness (QED) is 0.869. The molecule has 5 heteroatoms. The van der Waals surface area contributed by atoms with Crippen LogP contribution < -0.4 is 0 Å². The number of carbonyl (C=O) groups is 2.